The first-order chi connectivity index (χ1) is 12.8. The van der Waals surface area contributed by atoms with E-state index in [2.05, 4.69) is 16.8 Å². The molecule has 0 spiro atoms. The summed E-state index contributed by atoms with van der Waals surface area (Å²) in [5.74, 6) is -0.548. The number of benzene rings is 1. The summed E-state index contributed by atoms with van der Waals surface area (Å²) in [6, 6.07) is 6.39. The zero-order chi connectivity index (χ0) is 20.1. The molecular formula is C19H33N2O5P. The lowest BCUT2D eigenvalue weighted by molar-refractivity contribution is -0.118. The van der Waals surface area contributed by atoms with Crippen LogP contribution in [-0.2, 0) is 20.3 Å². The molecule has 0 saturated heterocycles. The summed E-state index contributed by atoms with van der Waals surface area (Å²) in [5.41, 5.74) is 7.34. The molecule has 1 aromatic rings. The number of nitrogens with two attached hydrogens (primary N) is 1. The molecule has 0 aromatic heterocycles. The van der Waals surface area contributed by atoms with Crippen LogP contribution in [0.15, 0.2) is 24.3 Å². The van der Waals surface area contributed by atoms with Gasteiger partial charge < -0.3 is 20.8 Å². The summed E-state index contributed by atoms with van der Waals surface area (Å²) in [4.78, 5) is 29.3. The van der Waals surface area contributed by atoms with E-state index in [0.717, 1.165) is 18.4 Å². The third-order valence-corrected chi connectivity index (χ3v) is 4.76. The Balaban J connectivity index is 2.32. The fourth-order valence-electron chi connectivity index (χ4n) is 2.76. The lowest BCUT2D eigenvalue weighted by Crippen LogP contribution is -2.39. The molecule has 0 radical (unpaired) electrons. The van der Waals surface area contributed by atoms with Crippen molar-refractivity contribution >= 4 is 19.4 Å². The van der Waals surface area contributed by atoms with Crippen LogP contribution in [0.3, 0.4) is 0 Å². The fraction of sp³-hybridized carbons (Fsp3) is 0.632. The van der Waals surface area contributed by atoms with E-state index in [9.17, 15) is 9.36 Å². The average Bonchev–Trinajstić information content (AvgIpc) is 2.61. The number of unbranched alkanes of at least 4 members (excludes halogenated alkanes) is 7. The number of aryl methyl sites for hydroxylation is 1. The molecule has 0 aliphatic rings. The maximum atomic E-state index is 12.0. The summed E-state index contributed by atoms with van der Waals surface area (Å²) in [6.07, 6.45) is 11.1. The SMILES string of the molecule is CCCCCCCCCCc1cccc(NC(=O)[C@H](N)COP(=O)(O)O)c1. The van der Waals surface area contributed by atoms with E-state index in [-0.39, 0.29) is 0 Å². The van der Waals surface area contributed by atoms with Gasteiger partial charge in [0.05, 0.1) is 6.61 Å². The van der Waals surface area contributed by atoms with Crippen molar-refractivity contribution in [1.29, 1.82) is 0 Å². The van der Waals surface area contributed by atoms with Gasteiger partial charge in [-0.15, -0.1) is 0 Å². The van der Waals surface area contributed by atoms with Crippen molar-refractivity contribution < 1.29 is 23.7 Å². The smallest absolute Gasteiger partial charge is 0.325 e. The fourth-order valence-corrected chi connectivity index (χ4v) is 3.11. The van der Waals surface area contributed by atoms with Crippen molar-refractivity contribution in [2.45, 2.75) is 70.8 Å². The average molecular weight is 400 g/mol. The van der Waals surface area contributed by atoms with E-state index in [1.54, 1.807) is 6.07 Å². The van der Waals surface area contributed by atoms with Gasteiger partial charge in [0, 0.05) is 5.69 Å². The lowest BCUT2D eigenvalue weighted by atomic mass is 10.0. The normalized spacial score (nSPS) is 12.7. The van der Waals surface area contributed by atoms with Crippen molar-refractivity contribution in [3.63, 3.8) is 0 Å². The first-order valence-electron chi connectivity index (χ1n) is 9.67. The standard InChI is InChI=1S/C19H33N2O5P/c1-2-3-4-5-6-7-8-9-11-16-12-10-13-17(14-16)21-19(22)18(20)15-26-27(23,24)25/h10,12-14,18H,2-9,11,15,20H2,1H3,(H,21,22)(H2,23,24,25)/t18-/m1/s1. The number of phosphoric ester groups is 1. The predicted octanol–water partition coefficient (Wildman–Crippen LogP) is 3.74. The van der Waals surface area contributed by atoms with Crippen molar-refractivity contribution in [1.82, 2.24) is 0 Å². The number of rotatable bonds is 14. The van der Waals surface area contributed by atoms with E-state index in [1.807, 2.05) is 18.2 Å². The molecule has 0 saturated carbocycles. The molecule has 1 atom stereocenters. The first-order valence-corrected chi connectivity index (χ1v) is 11.2. The second kappa shape index (κ2) is 13.0. The molecule has 0 fully saturated rings. The summed E-state index contributed by atoms with van der Waals surface area (Å²) in [5, 5.41) is 2.65. The van der Waals surface area contributed by atoms with Crippen molar-refractivity contribution in [2.75, 3.05) is 11.9 Å². The number of nitrogens with one attached hydrogen (secondary N) is 1. The van der Waals surface area contributed by atoms with E-state index in [4.69, 9.17) is 15.5 Å². The molecule has 27 heavy (non-hydrogen) atoms. The van der Waals surface area contributed by atoms with E-state index in [1.165, 1.54) is 44.9 Å². The Morgan fingerprint density at radius 3 is 2.41 bits per heavy atom. The summed E-state index contributed by atoms with van der Waals surface area (Å²) >= 11 is 0. The van der Waals surface area contributed by atoms with Crippen LogP contribution in [0.5, 0.6) is 0 Å². The molecule has 0 bridgehead atoms. The predicted molar refractivity (Wildman–Crippen MR) is 107 cm³/mol. The number of amides is 1. The molecule has 0 aliphatic heterocycles. The third kappa shape index (κ3) is 12.0. The van der Waals surface area contributed by atoms with Crippen LogP contribution in [0, 0.1) is 0 Å². The minimum Gasteiger partial charge on any atom is -0.325 e. The third-order valence-electron chi connectivity index (χ3n) is 4.27. The summed E-state index contributed by atoms with van der Waals surface area (Å²) < 4.78 is 14.9. The summed E-state index contributed by atoms with van der Waals surface area (Å²) in [6.45, 7) is 1.68. The Hall–Kier alpha value is -1.24. The lowest BCUT2D eigenvalue weighted by Gasteiger charge is -2.13. The van der Waals surface area contributed by atoms with Gasteiger partial charge in [0.25, 0.3) is 0 Å². The van der Waals surface area contributed by atoms with Gasteiger partial charge in [0.15, 0.2) is 0 Å². The Morgan fingerprint density at radius 2 is 1.78 bits per heavy atom. The Kier molecular flexibility index (Phi) is 11.5. The largest absolute Gasteiger partial charge is 0.469 e. The molecule has 1 amide bonds. The quantitative estimate of drug-likeness (QED) is 0.279. The molecule has 8 heteroatoms. The Labute approximate surface area is 161 Å². The maximum absolute atomic E-state index is 12.0. The first kappa shape index (κ1) is 23.8. The molecule has 0 aliphatic carbocycles. The van der Waals surface area contributed by atoms with Crippen LogP contribution in [0.2, 0.25) is 0 Å². The molecular weight excluding hydrogens is 367 g/mol. The Morgan fingerprint density at radius 1 is 1.15 bits per heavy atom. The molecule has 154 valence electrons. The number of anilines is 1. The van der Waals surface area contributed by atoms with Gasteiger partial charge in [-0.3, -0.25) is 9.32 Å². The number of hydrogen-bond donors (Lipinski definition) is 4. The number of hydrogen-bond acceptors (Lipinski definition) is 4. The number of phosphoric acid groups is 1. The van der Waals surface area contributed by atoms with Gasteiger partial charge in [-0.2, -0.15) is 0 Å². The van der Waals surface area contributed by atoms with Crippen LogP contribution >= 0.6 is 7.82 Å². The molecule has 5 N–H and O–H groups in total. The minimum atomic E-state index is -4.64. The minimum absolute atomic E-state index is 0.548. The van der Waals surface area contributed by atoms with Gasteiger partial charge in [-0.1, -0.05) is 64.0 Å². The zero-order valence-corrected chi connectivity index (χ0v) is 17.0. The van der Waals surface area contributed by atoms with Crippen molar-refractivity contribution in [2.24, 2.45) is 5.73 Å². The van der Waals surface area contributed by atoms with Gasteiger partial charge >= 0.3 is 7.82 Å². The second-order valence-corrected chi connectivity index (χ2v) is 8.05. The molecule has 7 nitrogen and oxygen atoms in total. The van der Waals surface area contributed by atoms with Crippen molar-refractivity contribution in [3.8, 4) is 0 Å². The second-order valence-electron chi connectivity index (χ2n) is 6.81. The highest BCUT2D eigenvalue weighted by Crippen LogP contribution is 2.35. The van der Waals surface area contributed by atoms with Gasteiger partial charge in [0.2, 0.25) is 5.91 Å². The Bertz CT molecular complexity index is 606. The van der Waals surface area contributed by atoms with Crippen LogP contribution in [-0.4, -0.2) is 28.3 Å². The maximum Gasteiger partial charge on any atom is 0.469 e. The molecule has 1 rings (SSSR count). The van der Waals surface area contributed by atoms with Crippen LogP contribution in [0.25, 0.3) is 0 Å². The van der Waals surface area contributed by atoms with Gasteiger partial charge in [0.1, 0.15) is 6.04 Å². The zero-order valence-electron chi connectivity index (χ0n) is 16.1. The number of carbonyl (C=O) groups excluding carboxylic acids is 1. The van der Waals surface area contributed by atoms with Gasteiger partial charge in [-0.25, -0.2) is 4.57 Å². The molecule has 0 unspecified atom stereocenters. The topological polar surface area (TPSA) is 122 Å². The highest BCUT2D eigenvalue weighted by Gasteiger charge is 2.20. The van der Waals surface area contributed by atoms with Crippen LogP contribution in [0.4, 0.5) is 5.69 Å². The van der Waals surface area contributed by atoms with E-state index >= 15 is 0 Å². The van der Waals surface area contributed by atoms with E-state index in [0.29, 0.717) is 5.69 Å². The van der Waals surface area contributed by atoms with E-state index < -0.39 is 26.4 Å². The van der Waals surface area contributed by atoms with Crippen molar-refractivity contribution in [3.05, 3.63) is 29.8 Å². The highest BCUT2D eigenvalue weighted by molar-refractivity contribution is 7.46. The number of carbonyl (C=O) groups is 1. The molecule has 1 aromatic carbocycles. The summed E-state index contributed by atoms with van der Waals surface area (Å²) in [7, 11) is -4.64. The highest BCUT2D eigenvalue weighted by atomic mass is 31.2. The molecule has 0 heterocycles. The van der Waals surface area contributed by atoms with Crippen LogP contribution < -0.4 is 11.1 Å². The van der Waals surface area contributed by atoms with Crippen LogP contribution in [0.1, 0.15) is 63.9 Å². The van der Waals surface area contributed by atoms with Gasteiger partial charge in [-0.05, 0) is 30.5 Å². The monoisotopic (exact) mass is 400 g/mol.